The van der Waals surface area contributed by atoms with Crippen molar-refractivity contribution in [3.05, 3.63) is 53.5 Å². The van der Waals surface area contributed by atoms with Gasteiger partial charge in [0.2, 0.25) is 5.91 Å². The van der Waals surface area contributed by atoms with Gasteiger partial charge in [-0.1, -0.05) is 12.1 Å². The topological polar surface area (TPSA) is 54.5 Å². The summed E-state index contributed by atoms with van der Waals surface area (Å²) in [5.41, 5.74) is -0.591. The number of hydrogen-bond donors (Lipinski definition) is 1. The summed E-state index contributed by atoms with van der Waals surface area (Å²) in [6.45, 7) is 4.01. The number of rotatable bonds is 5. The lowest BCUT2D eigenvalue weighted by atomic mass is 10.1. The van der Waals surface area contributed by atoms with Gasteiger partial charge in [0.05, 0.1) is 19.1 Å². The molecule has 2 aromatic rings. The molecule has 0 radical (unpaired) electrons. The van der Waals surface area contributed by atoms with Crippen LogP contribution in [0.4, 0.5) is 23.4 Å². The van der Waals surface area contributed by atoms with Crippen LogP contribution in [0.3, 0.4) is 0 Å². The molecule has 1 aliphatic heterocycles. The van der Waals surface area contributed by atoms with Crippen molar-refractivity contribution < 1.29 is 27.1 Å². The maximum atomic E-state index is 13.3. The molecule has 150 valence electrons. The number of carbonyl (C=O) groups excluding carboxylic acids is 1. The van der Waals surface area contributed by atoms with Crippen LogP contribution in [-0.4, -0.2) is 30.1 Å². The summed E-state index contributed by atoms with van der Waals surface area (Å²) >= 11 is 0. The van der Waals surface area contributed by atoms with Crippen LogP contribution in [0.5, 0.6) is 5.75 Å². The lowest BCUT2D eigenvalue weighted by Crippen LogP contribution is -2.54. The molecule has 1 aliphatic rings. The van der Waals surface area contributed by atoms with Crippen molar-refractivity contribution in [3.8, 4) is 5.75 Å². The zero-order valence-corrected chi connectivity index (χ0v) is 15.3. The van der Waals surface area contributed by atoms with Crippen LogP contribution in [0.2, 0.25) is 0 Å². The van der Waals surface area contributed by atoms with Gasteiger partial charge in [0, 0.05) is 6.92 Å². The van der Waals surface area contributed by atoms with Crippen molar-refractivity contribution in [1.82, 2.24) is 10.3 Å². The largest absolute Gasteiger partial charge is 0.487 e. The van der Waals surface area contributed by atoms with E-state index in [-0.39, 0.29) is 23.9 Å². The highest BCUT2D eigenvalue weighted by Crippen LogP contribution is 2.32. The standard InChI is InChI=1S/C19H19F4N3O2/c1-11(24-12(2)27)13-3-5-14(6-4-13)28-15-9-26(10-15)17-8-7-16(20)18(25-17)19(21,22)23/h3-8,11,15H,9-10H2,1-2H3,(H,24,27). The van der Waals surface area contributed by atoms with E-state index in [4.69, 9.17) is 4.74 Å². The van der Waals surface area contributed by atoms with Gasteiger partial charge in [0.1, 0.15) is 17.7 Å². The SMILES string of the molecule is CC(=O)NC(C)c1ccc(OC2CN(c3ccc(F)c(C(F)(F)F)n3)C2)cc1. The molecular weight excluding hydrogens is 378 g/mol. The second kappa shape index (κ2) is 7.65. The van der Waals surface area contributed by atoms with E-state index >= 15 is 0 Å². The van der Waals surface area contributed by atoms with Gasteiger partial charge in [-0.2, -0.15) is 13.2 Å². The minimum atomic E-state index is -4.84. The number of alkyl halides is 3. The monoisotopic (exact) mass is 397 g/mol. The summed E-state index contributed by atoms with van der Waals surface area (Å²) in [5.74, 6) is -0.830. The molecular formula is C19H19F4N3O2. The maximum Gasteiger partial charge on any atom is 0.436 e. The minimum absolute atomic E-state index is 0.0630. The zero-order valence-electron chi connectivity index (χ0n) is 15.3. The maximum absolute atomic E-state index is 13.3. The third-order valence-electron chi connectivity index (χ3n) is 4.37. The number of halogens is 4. The van der Waals surface area contributed by atoms with Gasteiger partial charge in [0.15, 0.2) is 11.5 Å². The average Bonchev–Trinajstić information content (AvgIpc) is 2.57. The summed E-state index contributed by atoms with van der Waals surface area (Å²) in [5, 5.41) is 2.78. The van der Waals surface area contributed by atoms with Crippen molar-refractivity contribution in [1.29, 1.82) is 0 Å². The van der Waals surface area contributed by atoms with E-state index in [0.29, 0.717) is 18.8 Å². The quantitative estimate of drug-likeness (QED) is 0.782. The fourth-order valence-corrected chi connectivity index (χ4v) is 2.92. The second-order valence-corrected chi connectivity index (χ2v) is 6.63. The Morgan fingerprint density at radius 3 is 2.43 bits per heavy atom. The van der Waals surface area contributed by atoms with Crippen molar-refractivity contribution in [2.75, 3.05) is 18.0 Å². The Kier molecular flexibility index (Phi) is 5.44. The first-order valence-corrected chi connectivity index (χ1v) is 8.66. The van der Waals surface area contributed by atoms with Gasteiger partial charge in [-0.25, -0.2) is 9.37 Å². The predicted octanol–water partition coefficient (Wildman–Crippen LogP) is 3.70. The highest BCUT2D eigenvalue weighted by molar-refractivity contribution is 5.73. The molecule has 28 heavy (non-hydrogen) atoms. The van der Waals surface area contributed by atoms with Gasteiger partial charge in [0.25, 0.3) is 0 Å². The highest BCUT2D eigenvalue weighted by Gasteiger charge is 2.38. The van der Waals surface area contributed by atoms with E-state index in [1.54, 1.807) is 17.0 Å². The van der Waals surface area contributed by atoms with E-state index in [1.165, 1.54) is 13.0 Å². The molecule has 1 aromatic heterocycles. The Balaban J connectivity index is 1.57. The van der Waals surface area contributed by atoms with Crippen molar-refractivity contribution in [2.24, 2.45) is 0 Å². The number of nitrogens with one attached hydrogen (secondary N) is 1. The first-order chi connectivity index (χ1) is 13.1. The van der Waals surface area contributed by atoms with Crippen molar-refractivity contribution in [2.45, 2.75) is 32.2 Å². The third kappa shape index (κ3) is 4.52. The van der Waals surface area contributed by atoms with Crippen LogP contribution in [0.15, 0.2) is 36.4 Å². The predicted molar refractivity (Wildman–Crippen MR) is 94.5 cm³/mol. The van der Waals surface area contributed by atoms with Crippen LogP contribution in [0.1, 0.15) is 31.1 Å². The smallest absolute Gasteiger partial charge is 0.436 e. The van der Waals surface area contributed by atoms with Crippen LogP contribution in [0.25, 0.3) is 0 Å². The normalized spacial score (nSPS) is 15.7. The molecule has 1 atom stereocenters. The molecule has 0 spiro atoms. The van der Waals surface area contributed by atoms with Crippen LogP contribution < -0.4 is 15.0 Å². The molecule has 2 heterocycles. The Hall–Kier alpha value is -2.84. The molecule has 1 unspecified atom stereocenters. The Morgan fingerprint density at radius 2 is 1.86 bits per heavy atom. The number of hydrogen-bond acceptors (Lipinski definition) is 4. The summed E-state index contributed by atoms with van der Waals surface area (Å²) in [6.07, 6.45) is -5.04. The van der Waals surface area contributed by atoms with E-state index in [2.05, 4.69) is 10.3 Å². The molecule has 1 amide bonds. The lowest BCUT2D eigenvalue weighted by Gasteiger charge is -2.40. The molecule has 9 heteroatoms. The summed E-state index contributed by atoms with van der Waals surface area (Å²) in [7, 11) is 0. The van der Waals surface area contributed by atoms with Gasteiger partial charge in [-0.05, 0) is 36.8 Å². The molecule has 3 rings (SSSR count). The summed E-state index contributed by atoms with van der Waals surface area (Å²) in [4.78, 5) is 16.1. The summed E-state index contributed by atoms with van der Waals surface area (Å²) in [6, 6.07) is 9.08. The first kappa shape index (κ1) is 19.9. The molecule has 0 saturated carbocycles. The molecule has 1 aromatic carbocycles. The summed E-state index contributed by atoms with van der Waals surface area (Å²) < 4.78 is 57.4. The van der Waals surface area contributed by atoms with E-state index in [0.717, 1.165) is 11.6 Å². The van der Waals surface area contributed by atoms with E-state index in [1.807, 2.05) is 19.1 Å². The number of ether oxygens (including phenoxy) is 1. The van der Waals surface area contributed by atoms with E-state index in [9.17, 15) is 22.4 Å². The fraction of sp³-hybridized carbons (Fsp3) is 0.368. The molecule has 0 aliphatic carbocycles. The Bertz CT molecular complexity index is 849. The minimum Gasteiger partial charge on any atom is -0.487 e. The Labute approximate surface area is 159 Å². The Morgan fingerprint density at radius 1 is 1.21 bits per heavy atom. The first-order valence-electron chi connectivity index (χ1n) is 8.66. The van der Waals surface area contributed by atoms with Crippen LogP contribution in [0, 0.1) is 5.82 Å². The van der Waals surface area contributed by atoms with Crippen molar-refractivity contribution in [3.63, 3.8) is 0 Å². The van der Waals surface area contributed by atoms with Crippen LogP contribution in [-0.2, 0) is 11.0 Å². The van der Waals surface area contributed by atoms with Gasteiger partial charge < -0.3 is 15.0 Å². The molecule has 5 nitrogen and oxygen atoms in total. The van der Waals surface area contributed by atoms with Crippen LogP contribution >= 0.6 is 0 Å². The number of pyridine rings is 1. The molecule has 1 N–H and O–H groups in total. The van der Waals surface area contributed by atoms with Gasteiger partial charge >= 0.3 is 6.18 Å². The highest BCUT2D eigenvalue weighted by atomic mass is 19.4. The number of nitrogens with zero attached hydrogens (tertiary/aromatic N) is 2. The third-order valence-corrected chi connectivity index (χ3v) is 4.37. The number of amides is 1. The lowest BCUT2D eigenvalue weighted by molar-refractivity contribution is -0.143. The average molecular weight is 397 g/mol. The molecule has 1 saturated heterocycles. The zero-order chi connectivity index (χ0) is 20.5. The number of carbonyl (C=O) groups is 1. The second-order valence-electron chi connectivity index (χ2n) is 6.63. The molecule has 0 bridgehead atoms. The van der Waals surface area contributed by atoms with Gasteiger partial charge in [-0.3, -0.25) is 4.79 Å². The number of aromatic nitrogens is 1. The van der Waals surface area contributed by atoms with Gasteiger partial charge in [-0.15, -0.1) is 0 Å². The van der Waals surface area contributed by atoms with E-state index < -0.39 is 17.7 Å². The molecule has 1 fully saturated rings. The van der Waals surface area contributed by atoms with Crippen molar-refractivity contribution >= 4 is 11.7 Å². The number of anilines is 1. The number of benzene rings is 1. The fourth-order valence-electron chi connectivity index (χ4n) is 2.92.